The average molecular weight is 516 g/mol. The van der Waals surface area contributed by atoms with Gasteiger partial charge in [0.25, 0.3) is 15.7 Å². The third-order valence-corrected chi connectivity index (χ3v) is 6.07. The van der Waals surface area contributed by atoms with E-state index < -0.39 is 31.7 Å². The van der Waals surface area contributed by atoms with Crippen LogP contribution in [0, 0.1) is 22.7 Å². The third-order valence-electron chi connectivity index (χ3n) is 3.95. The molecule has 1 unspecified atom stereocenters. The predicted octanol–water partition coefficient (Wildman–Crippen LogP) is 3.71. The number of rotatable bonds is 6. The van der Waals surface area contributed by atoms with E-state index in [1.807, 2.05) is 12.1 Å². The summed E-state index contributed by atoms with van der Waals surface area (Å²) < 4.78 is 66.6. The Balaban J connectivity index is 2.13. The maximum Gasteiger partial charge on any atom is 0.501 e. The van der Waals surface area contributed by atoms with Crippen molar-refractivity contribution in [3.63, 3.8) is 0 Å². The number of alkyl halides is 3. The third kappa shape index (κ3) is 5.54. The summed E-state index contributed by atoms with van der Waals surface area (Å²) in [4.78, 5) is 11.4. The second-order valence-electron chi connectivity index (χ2n) is 6.42. The first-order valence-corrected chi connectivity index (χ1v) is 10.6. The predicted molar refractivity (Wildman–Crippen MR) is 106 cm³/mol. The van der Waals surface area contributed by atoms with Gasteiger partial charge >= 0.3 is 5.51 Å². The molecule has 0 saturated carbocycles. The number of sulfone groups is 1. The summed E-state index contributed by atoms with van der Waals surface area (Å²) in [6, 6.07) is 11.5. The molecular formula is C19H13BrF3N3O4S. The Morgan fingerprint density at radius 1 is 1.16 bits per heavy atom. The minimum atomic E-state index is -5.54. The van der Waals surface area contributed by atoms with Gasteiger partial charge in [-0.3, -0.25) is 4.79 Å². The van der Waals surface area contributed by atoms with Crippen LogP contribution >= 0.6 is 15.9 Å². The highest BCUT2D eigenvalue weighted by Gasteiger charge is 2.46. The maximum absolute atomic E-state index is 12.6. The summed E-state index contributed by atoms with van der Waals surface area (Å²) in [5.74, 6) is -0.501. The Morgan fingerprint density at radius 2 is 1.77 bits per heavy atom. The summed E-state index contributed by atoms with van der Waals surface area (Å²) in [5, 5.41) is 20.7. The van der Waals surface area contributed by atoms with Crippen molar-refractivity contribution in [3.8, 4) is 17.9 Å². The second-order valence-corrected chi connectivity index (χ2v) is 9.21. The zero-order valence-corrected chi connectivity index (χ0v) is 18.1. The highest BCUT2D eigenvalue weighted by molar-refractivity contribution is 9.10. The monoisotopic (exact) mass is 515 g/mol. The zero-order valence-electron chi connectivity index (χ0n) is 15.7. The van der Waals surface area contributed by atoms with Gasteiger partial charge in [-0.05, 0) is 65.3 Å². The quantitative estimate of drug-likeness (QED) is 0.625. The fourth-order valence-corrected chi connectivity index (χ4v) is 3.50. The van der Waals surface area contributed by atoms with Crippen LogP contribution in [0.2, 0.25) is 0 Å². The van der Waals surface area contributed by atoms with Crippen LogP contribution in [0.4, 0.5) is 13.2 Å². The fourth-order valence-electron chi connectivity index (χ4n) is 2.25. The van der Waals surface area contributed by atoms with Crippen molar-refractivity contribution in [2.24, 2.45) is 0 Å². The van der Waals surface area contributed by atoms with Gasteiger partial charge in [-0.1, -0.05) is 0 Å². The highest BCUT2D eigenvalue weighted by atomic mass is 79.9. The van der Waals surface area contributed by atoms with Gasteiger partial charge in [0.2, 0.25) is 0 Å². The number of hydrogen-bond acceptors (Lipinski definition) is 6. The molecule has 0 aromatic heterocycles. The molecule has 2 rings (SSSR count). The van der Waals surface area contributed by atoms with Crippen molar-refractivity contribution in [2.75, 3.05) is 6.61 Å². The largest absolute Gasteiger partial charge is 0.501 e. The van der Waals surface area contributed by atoms with E-state index in [4.69, 9.17) is 10.00 Å². The minimum Gasteiger partial charge on any atom is -0.489 e. The molecule has 1 atom stereocenters. The van der Waals surface area contributed by atoms with Crippen molar-refractivity contribution < 1.29 is 31.1 Å². The number of nitrogens with one attached hydrogen (secondary N) is 1. The summed E-state index contributed by atoms with van der Waals surface area (Å²) in [6.45, 7) is 1.07. The molecule has 12 heteroatoms. The summed E-state index contributed by atoms with van der Waals surface area (Å²) in [6.07, 6.45) is 0. The van der Waals surface area contributed by atoms with Gasteiger partial charge in [-0.2, -0.15) is 23.7 Å². The first-order chi connectivity index (χ1) is 14.3. The molecule has 2 aromatic rings. The number of ether oxygens (including phenoxy) is 1. The minimum absolute atomic E-state index is 0.151. The van der Waals surface area contributed by atoms with E-state index in [9.17, 15) is 31.6 Å². The first-order valence-electron chi connectivity index (χ1n) is 8.30. The zero-order chi connectivity index (χ0) is 23.4. The van der Waals surface area contributed by atoms with Gasteiger partial charge in [-0.15, -0.1) is 0 Å². The van der Waals surface area contributed by atoms with Crippen molar-refractivity contribution in [2.45, 2.75) is 22.9 Å². The van der Waals surface area contributed by atoms with Gasteiger partial charge in [0.05, 0.1) is 27.1 Å². The summed E-state index contributed by atoms with van der Waals surface area (Å²) in [5.41, 5.74) is -6.76. The van der Waals surface area contributed by atoms with E-state index in [1.165, 1.54) is 25.1 Å². The molecule has 0 saturated heterocycles. The number of nitrogens with zero attached hydrogens (tertiary/aromatic N) is 2. The van der Waals surface area contributed by atoms with Crippen LogP contribution in [-0.2, 0) is 9.84 Å². The highest BCUT2D eigenvalue weighted by Crippen LogP contribution is 2.30. The molecule has 162 valence electrons. The van der Waals surface area contributed by atoms with Crippen LogP contribution in [0.5, 0.6) is 5.75 Å². The van der Waals surface area contributed by atoms with Crippen molar-refractivity contribution in [1.29, 1.82) is 10.5 Å². The number of halogens is 4. The lowest BCUT2D eigenvalue weighted by molar-refractivity contribution is -0.0436. The van der Waals surface area contributed by atoms with Crippen molar-refractivity contribution >= 4 is 31.7 Å². The Labute approximate surface area is 184 Å². The molecule has 0 aliphatic carbocycles. The van der Waals surface area contributed by atoms with Crippen LogP contribution in [0.3, 0.4) is 0 Å². The molecule has 2 aromatic carbocycles. The number of nitriles is 2. The molecule has 31 heavy (non-hydrogen) atoms. The topological polar surface area (TPSA) is 120 Å². The van der Waals surface area contributed by atoms with Crippen LogP contribution < -0.4 is 10.1 Å². The second kappa shape index (κ2) is 8.96. The molecular weight excluding hydrogens is 503 g/mol. The van der Waals surface area contributed by atoms with E-state index >= 15 is 0 Å². The Hall–Kier alpha value is -3.09. The Morgan fingerprint density at radius 3 is 2.26 bits per heavy atom. The molecule has 1 N–H and O–H groups in total. The van der Waals surface area contributed by atoms with Crippen molar-refractivity contribution in [3.05, 3.63) is 58.1 Å². The Kier molecular flexibility index (Phi) is 6.99. The van der Waals surface area contributed by atoms with E-state index in [-0.39, 0.29) is 12.2 Å². The molecule has 1 amide bonds. The first kappa shape index (κ1) is 24.2. The van der Waals surface area contributed by atoms with E-state index in [0.29, 0.717) is 27.9 Å². The van der Waals surface area contributed by atoms with Gasteiger partial charge in [0.15, 0.2) is 5.54 Å². The normalized spacial score (nSPS) is 13.4. The smallest absolute Gasteiger partial charge is 0.489 e. The van der Waals surface area contributed by atoms with Gasteiger partial charge in [0.1, 0.15) is 12.4 Å². The van der Waals surface area contributed by atoms with E-state index in [1.54, 1.807) is 0 Å². The standard InChI is InChI=1S/C19H13BrF3N3O4S/c1-18(10-25,11-30-16-7-2-12(9-24)8-15(16)20)26-17(27)13-3-5-14(6-4-13)31(28,29)19(21,22)23/h2-8H,11H2,1H3,(H,26,27). The van der Waals surface area contributed by atoms with Crippen LogP contribution in [0.15, 0.2) is 51.8 Å². The molecule has 0 bridgehead atoms. The summed E-state index contributed by atoms with van der Waals surface area (Å²) in [7, 11) is -5.54. The summed E-state index contributed by atoms with van der Waals surface area (Å²) >= 11 is 3.23. The lowest BCUT2D eigenvalue weighted by Gasteiger charge is -2.24. The number of carbonyl (C=O) groups is 1. The van der Waals surface area contributed by atoms with Crippen molar-refractivity contribution in [1.82, 2.24) is 5.32 Å². The van der Waals surface area contributed by atoms with Gasteiger partial charge in [-0.25, -0.2) is 8.42 Å². The van der Waals surface area contributed by atoms with Gasteiger partial charge < -0.3 is 10.1 Å². The molecule has 0 spiro atoms. The average Bonchev–Trinajstić information content (AvgIpc) is 2.72. The maximum atomic E-state index is 12.6. The van der Waals surface area contributed by atoms with E-state index in [2.05, 4.69) is 21.2 Å². The SMILES string of the molecule is CC(C#N)(COc1ccc(C#N)cc1Br)NC(=O)c1ccc(S(=O)(=O)C(F)(F)F)cc1. The van der Waals surface area contributed by atoms with Gasteiger partial charge in [0, 0.05) is 5.56 Å². The lowest BCUT2D eigenvalue weighted by Crippen LogP contribution is -2.49. The molecule has 0 aliphatic heterocycles. The fraction of sp³-hybridized carbons (Fsp3) is 0.211. The van der Waals surface area contributed by atoms with Crippen LogP contribution in [-0.4, -0.2) is 32.0 Å². The number of hydrogen-bond donors (Lipinski definition) is 1. The Bertz CT molecular complexity index is 1190. The molecule has 0 aliphatic rings. The van der Waals surface area contributed by atoms with Crippen LogP contribution in [0.25, 0.3) is 0 Å². The number of carbonyl (C=O) groups excluding carboxylic acids is 1. The molecule has 0 heterocycles. The van der Waals surface area contributed by atoms with E-state index in [0.717, 1.165) is 12.1 Å². The number of benzene rings is 2. The lowest BCUT2D eigenvalue weighted by atomic mass is 10.1. The molecule has 7 nitrogen and oxygen atoms in total. The molecule has 0 fully saturated rings. The molecule has 0 radical (unpaired) electrons. The number of amides is 1. The van der Waals surface area contributed by atoms with Crippen LogP contribution in [0.1, 0.15) is 22.8 Å².